The van der Waals surface area contributed by atoms with Gasteiger partial charge in [0.25, 0.3) is 10.1 Å². The van der Waals surface area contributed by atoms with Crippen LogP contribution in [0.4, 0.5) is 0 Å². The highest BCUT2D eigenvalue weighted by Crippen LogP contribution is 2.39. The van der Waals surface area contributed by atoms with E-state index in [2.05, 4.69) is 26.0 Å². The number of halogens is 1. The average molecular weight is 402 g/mol. The lowest BCUT2D eigenvalue weighted by Gasteiger charge is -2.22. The standard InChI is InChI=1S/C14H16BrN3O4S/c1-9-4-5-11(23(20,21)22)10(8-9)18-12(16-13(15)17-18)14(19)6-2-3-7-14/h4-5,8,19H,2-3,6-7H2,1H3,(H,20,21,22). The first-order valence-corrected chi connectivity index (χ1v) is 9.38. The Morgan fingerprint density at radius 3 is 2.57 bits per heavy atom. The van der Waals surface area contributed by atoms with Crippen molar-refractivity contribution >= 4 is 26.0 Å². The largest absolute Gasteiger partial charge is 0.382 e. The monoisotopic (exact) mass is 401 g/mol. The van der Waals surface area contributed by atoms with Crippen molar-refractivity contribution in [3.8, 4) is 5.69 Å². The zero-order valence-electron chi connectivity index (χ0n) is 12.4. The van der Waals surface area contributed by atoms with Crippen LogP contribution in [0.15, 0.2) is 27.8 Å². The van der Waals surface area contributed by atoms with Gasteiger partial charge in [0.1, 0.15) is 10.5 Å². The maximum atomic E-state index is 11.7. The fourth-order valence-corrected chi connectivity index (χ4v) is 3.93. The molecule has 2 N–H and O–H groups in total. The van der Waals surface area contributed by atoms with Gasteiger partial charge in [-0.05, 0) is 66.2 Å². The molecule has 1 aliphatic rings. The minimum atomic E-state index is -4.43. The molecule has 0 unspecified atom stereocenters. The van der Waals surface area contributed by atoms with Gasteiger partial charge in [0.05, 0.1) is 5.69 Å². The highest BCUT2D eigenvalue weighted by Gasteiger charge is 2.39. The van der Waals surface area contributed by atoms with Gasteiger partial charge < -0.3 is 5.11 Å². The highest BCUT2D eigenvalue weighted by atomic mass is 79.9. The number of rotatable bonds is 3. The molecule has 0 spiro atoms. The predicted molar refractivity (Wildman–Crippen MR) is 86.0 cm³/mol. The minimum absolute atomic E-state index is 0.168. The summed E-state index contributed by atoms with van der Waals surface area (Å²) in [5, 5.41) is 15.0. The molecular weight excluding hydrogens is 386 g/mol. The molecule has 1 heterocycles. The number of aliphatic hydroxyl groups is 1. The van der Waals surface area contributed by atoms with Gasteiger partial charge in [0, 0.05) is 0 Å². The van der Waals surface area contributed by atoms with E-state index in [-0.39, 0.29) is 21.1 Å². The van der Waals surface area contributed by atoms with Crippen molar-refractivity contribution in [2.75, 3.05) is 0 Å². The number of nitrogens with zero attached hydrogens (tertiary/aromatic N) is 3. The van der Waals surface area contributed by atoms with Crippen LogP contribution >= 0.6 is 15.9 Å². The van der Waals surface area contributed by atoms with Crippen LogP contribution in [0.25, 0.3) is 5.69 Å². The number of aryl methyl sites for hydroxylation is 1. The summed E-state index contributed by atoms with van der Waals surface area (Å²) in [6, 6.07) is 4.49. The van der Waals surface area contributed by atoms with Crippen LogP contribution in [0.3, 0.4) is 0 Å². The summed E-state index contributed by atoms with van der Waals surface area (Å²) in [4.78, 5) is 3.96. The SMILES string of the molecule is Cc1ccc(S(=O)(=O)O)c(-n2nc(Br)nc2C2(O)CCCC2)c1. The number of aromatic nitrogens is 3. The Hall–Kier alpha value is -1.29. The summed E-state index contributed by atoms with van der Waals surface area (Å²) in [7, 11) is -4.43. The van der Waals surface area contributed by atoms with Crippen molar-refractivity contribution < 1.29 is 18.1 Å². The van der Waals surface area contributed by atoms with Gasteiger partial charge in [-0.2, -0.15) is 8.42 Å². The zero-order valence-corrected chi connectivity index (χ0v) is 14.8. The van der Waals surface area contributed by atoms with Crippen molar-refractivity contribution in [3.63, 3.8) is 0 Å². The van der Waals surface area contributed by atoms with E-state index in [0.29, 0.717) is 12.8 Å². The fraction of sp³-hybridized carbons (Fsp3) is 0.429. The molecule has 2 aromatic rings. The second kappa shape index (κ2) is 5.66. The Bertz CT molecular complexity index is 857. The van der Waals surface area contributed by atoms with Crippen LogP contribution < -0.4 is 0 Å². The first-order chi connectivity index (χ1) is 10.7. The Morgan fingerprint density at radius 2 is 1.96 bits per heavy atom. The van der Waals surface area contributed by atoms with Crippen LogP contribution in [0.1, 0.15) is 37.1 Å². The minimum Gasteiger partial charge on any atom is -0.382 e. The van der Waals surface area contributed by atoms with Gasteiger partial charge >= 0.3 is 0 Å². The maximum Gasteiger partial charge on any atom is 0.296 e. The van der Waals surface area contributed by atoms with Crippen LogP contribution in [0, 0.1) is 6.92 Å². The van der Waals surface area contributed by atoms with Crippen LogP contribution in [0.5, 0.6) is 0 Å². The lowest BCUT2D eigenvalue weighted by Crippen LogP contribution is -2.26. The quantitative estimate of drug-likeness (QED) is 0.764. The second-order valence-electron chi connectivity index (χ2n) is 5.80. The molecule has 0 aliphatic heterocycles. The van der Waals surface area contributed by atoms with Crippen molar-refractivity contribution in [3.05, 3.63) is 34.3 Å². The molecule has 1 aromatic heterocycles. The molecule has 23 heavy (non-hydrogen) atoms. The first kappa shape index (κ1) is 16.6. The Labute approximate surface area is 142 Å². The smallest absolute Gasteiger partial charge is 0.296 e. The second-order valence-corrected chi connectivity index (χ2v) is 7.90. The summed E-state index contributed by atoms with van der Waals surface area (Å²) < 4.78 is 34.4. The molecule has 0 amide bonds. The van der Waals surface area contributed by atoms with Crippen LogP contribution in [-0.2, 0) is 15.7 Å². The lowest BCUT2D eigenvalue weighted by atomic mass is 10.0. The molecule has 3 rings (SSSR count). The molecule has 0 bridgehead atoms. The topological polar surface area (TPSA) is 105 Å². The third kappa shape index (κ3) is 3.06. The Kier molecular flexibility index (Phi) is 4.07. The summed E-state index contributed by atoms with van der Waals surface area (Å²) >= 11 is 3.18. The zero-order chi connectivity index (χ0) is 16.8. The molecule has 1 fully saturated rings. The fourth-order valence-electron chi connectivity index (χ4n) is 2.95. The van der Waals surface area contributed by atoms with Gasteiger partial charge in [-0.1, -0.05) is 6.07 Å². The third-order valence-corrected chi connectivity index (χ3v) is 5.29. The van der Waals surface area contributed by atoms with Gasteiger partial charge in [-0.3, -0.25) is 4.55 Å². The van der Waals surface area contributed by atoms with E-state index in [1.165, 1.54) is 10.7 Å². The van der Waals surface area contributed by atoms with Gasteiger partial charge in [-0.15, -0.1) is 5.10 Å². The summed E-state index contributed by atoms with van der Waals surface area (Å²) in [6.07, 6.45) is 2.79. The van der Waals surface area contributed by atoms with E-state index >= 15 is 0 Å². The van der Waals surface area contributed by atoms with Crippen molar-refractivity contribution in [2.24, 2.45) is 0 Å². The van der Waals surface area contributed by atoms with Gasteiger partial charge in [0.15, 0.2) is 5.82 Å². The lowest BCUT2D eigenvalue weighted by molar-refractivity contribution is 0.0328. The van der Waals surface area contributed by atoms with Gasteiger partial charge in [-0.25, -0.2) is 9.67 Å². The van der Waals surface area contributed by atoms with E-state index < -0.39 is 15.7 Å². The van der Waals surface area contributed by atoms with E-state index in [1.54, 1.807) is 19.1 Å². The highest BCUT2D eigenvalue weighted by molar-refractivity contribution is 9.10. The Morgan fingerprint density at radius 1 is 1.30 bits per heavy atom. The molecule has 1 aliphatic carbocycles. The molecule has 1 saturated carbocycles. The molecule has 124 valence electrons. The van der Waals surface area contributed by atoms with Crippen molar-refractivity contribution in [1.82, 2.24) is 14.8 Å². The molecule has 7 nitrogen and oxygen atoms in total. The third-order valence-electron chi connectivity index (χ3n) is 4.05. The first-order valence-electron chi connectivity index (χ1n) is 7.15. The van der Waals surface area contributed by atoms with E-state index in [1.807, 2.05) is 0 Å². The van der Waals surface area contributed by atoms with Crippen molar-refractivity contribution in [1.29, 1.82) is 0 Å². The predicted octanol–water partition coefficient (Wildman–Crippen LogP) is 2.35. The molecular formula is C14H16BrN3O4S. The molecule has 1 aromatic carbocycles. The van der Waals surface area contributed by atoms with Gasteiger partial charge in [0.2, 0.25) is 4.73 Å². The van der Waals surface area contributed by atoms with E-state index in [9.17, 15) is 18.1 Å². The summed E-state index contributed by atoms with van der Waals surface area (Å²) in [6.45, 7) is 1.80. The molecule has 0 saturated heterocycles. The maximum absolute atomic E-state index is 11.7. The summed E-state index contributed by atoms with van der Waals surface area (Å²) in [5.41, 5.74) is -0.191. The summed E-state index contributed by atoms with van der Waals surface area (Å²) in [5.74, 6) is 0.275. The molecule has 0 radical (unpaired) electrons. The van der Waals surface area contributed by atoms with Crippen LogP contribution in [-0.4, -0.2) is 32.8 Å². The number of hydrogen-bond donors (Lipinski definition) is 2. The Balaban J connectivity index is 2.26. The van der Waals surface area contributed by atoms with Crippen LogP contribution in [0.2, 0.25) is 0 Å². The van der Waals surface area contributed by atoms with Crippen molar-refractivity contribution in [2.45, 2.75) is 43.1 Å². The number of hydrogen-bond acceptors (Lipinski definition) is 5. The molecule has 0 atom stereocenters. The van der Waals surface area contributed by atoms with E-state index in [4.69, 9.17) is 0 Å². The number of benzene rings is 1. The van der Waals surface area contributed by atoms with E-state index in [0.717, 1.165) is 18.4 Å². The molecule has 9 heteroatoms. The average Bonchev–Trinajstić information content (AvgIpc) is 3.04. The normalized spacial score (nSPS) is 17.6.